The van der Waals surface area contributed by atoms with E-state index in [0.29, 0.717) is 18.4 Å². The number of carbonyl (C=O) groups is 2. The Morgan fingerprint density at radius 1 is 1.39 bits per heavy atom. The number of fused-ring (bicyclic) bond motifs is 3. The van der Waals surface area contributed by atoms with Crippen LogP contribution in [0.25, 0.3) is 0 Å². The van der Waals surface area contributed by atoms with Crippen LogP contribution in [0, 0.1) is 17.3 Å². The summed E-state index contributed by atoms with van der Waals surface area (Å²) < 4.78 is 11.1. The van der Waals surface area contributed by atoms with Crippen molar-refractivity contribution < 1.29 is 29.3 Å². The quantitative estimate of drug-likeness (QED) is 0.583. The molecule has 3 fully saturated rings. The highest BCUT2D eigenvalue weighted by molar-refractivity contribution is 5.95. The molecule has 6 nitrogen and oxygen atoms in total. The van der Waals surface area contributed by atoms with Crippen LogP contribution in [0.4, 0.5) is 0 Å². The third kappa shape index (κ3) is 1.98. The van der Waals surface area contributed by atoms with Gasteiger partial charge in [-0.25, -0.2) is 4.79 Å². The Balaban J connectivity index is 2.07. The molecule has 0 bridgehead atoms. The molecule has 6 atom stereocenters. The Hall–Kier alpha value is -1.24. The van der Waals surface area contributed by atoms with E-state index in [4.69, 9.17) is 14.6 Å². The van der Waals surface area contributed by atoms with E-state index in [0.717, 1.165) is 0 Å². The minimum atomic E-state index is -1.43. The van der Waals surface area contributed by atoms with E-state index < -0.39 is 29.2 Å². The fourth-order valence-electron chi connectivity index (χ4n) is 4.79. The van der Waals surface area contributed by atoms with Gasteiger partial charge in [0.05, 0.1) is 24.7 Å². The van der Waals surface area contributed by atoms with E-state index in [1.165, 1.54) is 0 Å². The number of aliphatic hydroxyl groups excluding tert-OH is 1. The van der Waals surface area contributed by atoms with Crippen molar-refractivity contribution in [3.8, 4) is 0 Å². The van der Waals surface area contributed by atoms with Crippen molar-refractivity contribution in [1.29, 1.82) is 0 Å². The molecule has 2 saturated carbocycles. The van der Waals surface area contributed by atoms with E-state index in [-0.39, 0.29) is 37.3 Å². The maximum atomic E-state index is 12.8. The molecule has 2 N–H and O–H groups in total. The molecule has 0 aromatic rings. The van der Waals surface area contributed by atoms with Gasteiger partial charge in [0, 0.05) is 17.9 Å². The summed E-state index contributed by atoms with van der Waals surface area (Å²) in [6.45, 7) is 7.28. The molecule has 0 aromatic carbocycles. The van der Waals surface area contributed by atoms with Crippen LogP contribution < -0.4 is 0 Å². The molecule has 0 aromatic heterocycles. The number of aliphatic hydroxyl groups is 2. The van der Waals surface area contributed by atoms with Gasteiger partial charge in [-0.2, -0.15) is 0 Å². The Kier molecular flexibility index (Phi) is 3.90. The first kappa shape index (κ1) is 16.6. The predicted octanol–water partition coefficient (Wildman–Crippen LogP) is 0.602. The molecular formula is C17H24O6. The summed E-state index contributed by atoms with van der Waals surface area (Å²) in [6, 6.07) is 0. The van der Waals surface area contributed by atoms with E-state index in [9.17, 15) is 14.7 Å². The molecule has 6 heteroatoms. The molecule has 0 radical (unpaired) electrons. The van der Waals surface area contributed by atoms with Crippen LogP contribution in [0.2, 0.25) is 0 Å². The lowest BCUT2D eigenvalue weighted by atomic mass is 9.64. The molecule has 2 aliphatic carbocycles. The molecule has 128 valence electrons. The van der Waals surface area contributed by atoms with Gasteiger partial charge in [-0.3, -0.25) is 4.79 Å². The molecule has 3 aliphatic rings. The lowest BCUT2D eigenvalue weighted by molar-refractivity contribution is -0.198. The van der Waals surface area contributed by atoms with E-state index in [1.807, 2.05) is 6.92 Å². The van der Waals surface area contributed by atoms with Gasteiger partial charge in [0.1, 0.15) is 17.5 Å². The molecule has 23 heavy (non-hydrogen) atoms. The number of hydrogen-bond donors (Lipinski definition) is 2. The van der Waals surface area contributed by atoms with Crippen molar-refractivity contribution >= 4 is 11.8 Å². The number of Topliss-reactive ketones (excluding diaryl/α,β-unsaturated/α-hetero) is 1. The third-order valence-corrected chi connectivity index (χ3v) is 6.22. The van der Waals surface area contributed by atoms with Crippen LogP contribution in [0.3, 0.4) is 0 Å². The van der Waals surface area contributed by atoms with Crippen LogP contribution in [0.15, 0.2) is 12.2 Å². The summed E-state index contributed by atoms with van der Waals surface area (Å²) in [7, 11) is 0. The number of ether oxygens (including phenoxy) is 2. The Morgan fingerprint density at radius 3 is 2.74 bits per heavy atom. The largest absolute Gasteiger partial charge is 0.457 e. The second-order valence-electron chi connectivity index (χ2n) is 7.17. The zero-order valence-electron chi connectivity index (χ0n) is 13.6. The highest BCUT2D eigenvalue weighted by Crippen LogP contribution is 2.59. The first-order chi connectivity index (χ1) is 10.8. The Morgan fingerprint density at radius 2 is 2.09 bits per heavy atom. The summed E-state index contributed by atoms with van der Waals surface area (Å²) in [5.41, 5.74) is -2.26. The summed E-state index contributed by atoms with van der Waals surface area (Å²) in [5.74, 6) is -1.08. The normalized spacial score (nSPS) is 46.3. The number of ketones is 1. The zero-order chi connectivity index (χ0) is 17.0. The van der Waals surface area contributed by atoms with Gasteiger partial charge in [-0.05, 0) is 25.7 Å². The van der Waals surface area contributed by atoms with Crippen molar-refractivity contribution in [2.24, 2.45) is 17.3 Å². The molecule has 0 spiro atoms. The first-order valence-electron chi connectivity index (χ1n) is 8.16. The lowest BCUT2D eigenvalue weighted by Crippen LogP contribution is -2.60. The summed E-state index contributed by atoms with van der Waals surface area (Å²) >= 11 is 0. The van der Waals surface area contributed by atoms with Gasteiger partial charge in [0.15, 0.2) is 0 Å². The SMILES string of the molecule is C=C1C(=O)O[C@@H]2[C@H]1CC[C@H](C)[C@]1(O)C(OCCO)CC(=O)[C@@]21C. The van der Waals surface area contributed by atoms with Gasteiger partial charge in [-0.1, -0.05) is 13.5 Å². The number of esters is 1. The number of carbonyl (C=O) groups excluding carboxylic acids is 2. The zero-order valence-corrected chi connectivity index (χ0v) is 13.6. The van der Waals surface area contributed by atoms with Crippen molar-refractivity contribution in [3.05, 3.63) is 12.2 Å². The van der Waals surface area contributed by atoms with Gasteiger partial charge in [-0.15, -0.1) is 0 Å². The van der Waals surface area contributed by atoms with Gasteiger partial charge >= 0.3 is 5.97 Å². The highest BCUT2D eigenvalue weighted by Gasteiger charge is 2.72. The smallest absolute Gasteiger partial charge is 0.334 e. The van der Waals surface area contributed by atoms with Gasteiger partial charge in [0.2, 0.25) is 0 Å². The molecular weight excluding hydrogens is 300 g/mol. The second kappa shape index (κ2) is 5.40. The number of hydrogen-bond acceptors (Lipinski definition) is 6. The summed E-state index contributed by atoms with van der Waals surface area (Å²) in [5, 5.41) is 20.6. The Labute approximate surface area is 135 Å². The van der Waals surface area contributed by atoms with Crippen molar-refractivity contribution in [1.82, 2.24) is 0 Å². The number of rotatable bonds is 3. The first-order valence-corrected chi connectivity index (χ1v) is 8.16. The van der Waals surface area contributed by atoms with E-state index >= 15 is 0 Å². The van der Waals surface area contributed by atoms with Gasteiger partial charge < -0.3 is 19.7 Å². The maximum Gasteiger partial charge on any atom is 0.334 e. The fourth-order valence-corrected chi connectivity index (χ4v) is 4.79. The Bertz CT molecular complexity index is 557. The molecule has 0 amide bonds. The predicted molar refractivity (Wildman–Crippen MR) is 80.4 cm³/mol. The topological polar surface area (TPSA) is 93.1 Å². The molecule has 1 unspecified atom stereocenters. The van der Waals surface area contributed by atoms with Gasteiger partial charge in [0.25, 0.3) is 0 Å². The maximum absolute atomic E-state index is 12.8. The van der Waals surface area contributed by atoms with E-state index in [2.05, 4.69) is 6.58 Å². The average molecular weight is 324 g/mol. The van der Waals surface area contributed by atoms with Crippen LogP contribution in [-0.4, -0.2) is 53.0 Å². The van der Waals surface area contributed by atoms with Crippen LogP contribution in [0.5, 0.6) is 0 Å². The monoisotopic (exact) mass is 324 g/mol. The highest BCUT2D eigenvalue weighted by atomic mass is 16.6. The van der Waals surface area contributed by atoms with Crippen molar-refractivity contribution in [2.75, 3.05) is 13.2 Å². The van der Waals surface area contributed by atoms with Crippen molar-refractivity contribution in [3.63, 3.8) is 0 Å². The van der Waals surface area contributed by atoms with Crippen molar-refractivity contribution in [2.45, 2.75) is 50.9 Å². The lowest BCUT2D eigenvalue weighted by Gasteiger charge is -2.46. The minimum absolute atomic E-state index is 0.0592. The standard InChI is InChI=1S/C17H24O6/c1-9-4-5-11-10(2)15(20)23-14(11)16(3)12(19)8-13(17(9,16)21)22-7-6-18/h9,11,13-14,18,21H,2,4-8H2,1,3H3/t9-,11-,13?,14+,16-,17-/m0/s1. The van der Waals surface area contributed by atoms with Crippen LogP contribution in [-0.2, 0) is 19.1 Å². The molecule has 3 rings (SSSR count). The summed E-state index contributed by atoms with van der Waals surface area (Å²) in [4.78, 5) is 24.8. The molecule has 1 aliphatic heterocycles. The average Bonchev–Trinajstić information content (AvgIpc) is 2.88. The third-order valence-electron chi connectivity index (χ3n) is 6.22. The van der Waals surface area contributed by atoms with E-state index in [1.54, 1.807) is 6.92 Å². The fraction of sp³-hybridized carbons (Fsp3) is 0.765. The van der Waals surface area contributed by atoms with Crippen LogP contribution >= 0.6 is 0 Å². The minimum Gasteiger partial charge on any atom is -0.457 e. The van der Waals surface area contributed by atoms with Crippen LogP contribution in [0.1, 0.15) is 33.1 Å². The molecule has 1 heterocycles. The molecule has 1 saturated heterocycles. The summed E-state index contributed by atoms with van der Waals surface area (Å²) in [6.07, 6.45) is -0.0465. The second-order valence-corrected chi connectivity index (χ2v) is 7.17.